The third-order valence-electron chi connectivity index (χ3n) is 7.41. The number of anilines is 1. The molecule has 9 nitrogen and oxygen atoms in total. The lowest BCUT2D eigenvalue weighted by Gasteiger charge is -2.14. The summed E-state index contributed by atoms with van der Waals surface area (Å²) in [5.74, 6) is 0.627. The van der Waals surface area contributed by atoms with Crippen molar-refractivity contribution in [2.24, 2.45) is 0 Å². The molecular formula is C35H29Cl2N7O2S2. The van der Waals surface area contributed by atoms with Crippen molar-refractivity contribution in [2.45, 2.75) is 35.7 Å². The van der Waals surface area contributed by atoms with Crippen molar-refractivity contribution < 1.29 is 4.79 Å². The Labute approximate surface area is 295 Å². The quantitative estimate of drug-likeness (QED) is 0.124. The highest BCUT2D eigenvalue weighted by molar-refractivity contribution is 8.01. The smallest absolute Gasteiger partial charge is 0.321 e. The number of aromatic nitrogens is 5. The number of pyridine rings is 2. The van der Waals surface area contributed by atoms with E-state index in [9.17, 15) is 9.59 Å². The van der Waals surface area contributed by atoms with Crippen LogP contribution in [-0.2, 0) is 19.5 Å². The maximum Gasteiger partial charge on any atom is 0.321 e. The zero-order valence-electron chi connectivity index (χ0n) is 25.6. The van der Waals surface area contributed by atoms with E-state index < -0.39 is 0 Å². The van der Waals surface area contributed by atoms with Crippen molar-refractivity contribution in [3.8, 4) is 11.3 Å². The normalized spacial score (nSPS) is 11.2. The number of benzene rings is 2. The summed E-state index contributed by atoms with van der Waals surface area (Å²) in [4.78, 5) is 41.4. The topological polar surface area (TPSA) is 118 Å². The highest BCUT2D eigenvalue weighted by Gasteiger charge is 2.13. The lowest BCUT2D eigenvalue weighted by atomic mass is 10.0. The molecule has 0 fully saturated rings. The van der Waals surface area contributed by atoms with Crippen molar-refractivity contribution in [3.05, 3.63) is 146 Å². The minimum absolute atomic E-state index is 0.0402. The van der Waals surface area contributed by atoms with Gasteiger partial charge in [-0.1, -0.05) is 94.9 Å². The lowest BCUT2D eigenvalue weighted by molar-refractivity contribution is 0.251. The van der Waals surface area contributed by atoms with Gasteiger partial charge in [0.05, 0.1) is 28.8 Å². The SMILES string of the molecule is Cc1c(Cc2c(Cl)cccc2Cl)c(=O)ccn1C/C=C/c1ccc(-c2cnc(CNC(=O)Nc3ncc(Sc4ccccn4)s3)[nH]2)cc1. The molecule has 13 heteroatoms. The number of halogens is 2. The second kappa shape index (κ2) is 15.5. The Bertz CT molecular complexity index is 2110. The molecule has 2 amide bonds. The third kappa shape index (κ3) is 8.42. The number of nitrogens with zero attached hydrogens (tertiary/aromatic N) is 4. The number of hydrogen-bond acceptors (Lipinski definition) is 7. The second-order valence-electron chi connectivity index (χ2n) is 10.6. The van der Waals surface area contributed by atoms with E-state index in [1.807, 2.05) is 60.0 Å². The van der Waals surface area contributed by atoms with Crippen LogP contribution < -0.4 is 16.1 Å². The molecule has 48 heavy (non-hydrogen) atoms. The number of rotatable bonds is 11. The summed E-state index contributed by atoms with van der Waals surface area (Å²) in [5.41, 5.74) is 5.09. The monoisotopic (exact) mass is 713 g/mol. The van der Waals surface area contributed by atoms with Crippen LogP contribution in [0.4, 0.5) is 9.93 Å². The Kier molecular flexibility index (Phi) is 10.7. The predicted molar refractivity (Wildman–Crippen MR) is 194 cm³/mol. The molecule has 0 aliphatic rings. The van der Waals surface area contributed by atoms with E-state index in [2.05, 4.69) is 36.6 Å². The molecule has 0 saturated heterocycles. The Morgan fingerprint density at radius 2 is 1.79 bits per heavy atom. The van der Waals surface area contributed by atoms with Gasteiger partial charge in [0.1, 0.15) is 10.9 Å². The minimum atomic E-state index is -0.369. The van der Waals surface area contributed by atoms with Gasteiger partial charge in [0.15, 0.2) is 10.6 Å². The van der Waals surface area contributed by atoms with Crippen LogP contribution in [0.25, 0.3) is 17.3 Å². The first-order valence-electron chi connectivity index (χ1n) is 14.8. The van der Waals surface area contributed by atoms with E-state index in [1.54, 1.807) is 49.1 Å². The molecule has 4 heterocycles. The van der Waals surface area contributed by atoms with E-state index in [4.69, 9.17) is 23.2 Å². The Morgan fingerprint density at radius 3 is 2.56 bits per heavy atom. The second-order valence-corrected chi connectivity index (χ2v) is 13.8. The first-order valence-corrected chi connectivity index (χ1v) is 17.2. The number of thiazole rings is 1. The fourth-order valence-electron chi connectivity index (χ4n) is 4.87. The van der Waals surface area contributed by atoms with Crippen LogP contribution in [0.2, 0.25) is 10.0 Å². The fraction of sp³-hybridized carbons (Fsp3) is 0.114. The van der Waals surface area contributed by atoms with Gasteiger partial charge in [-0.3, -0.25) is 10.1 Å². The number of carbonyl (C=O) groups excluding carboxylic acids is 1. The maximum absolute atomic E-state index is 12.7. The number of hydrogen-bond donors (Lipinski definition) is 3. The van der Waals surface area contributed by atoms with Crippen LogP contribution in [0, 0.1) is 6.92 Å². The molecule has 0 bridgehead atoms. The maximum atomic E-state index is 12.7. The number of nitrogens with one attached hydrogen (secondary N) is 3. The average Bonchev–Trinajstić information content (AvgIpc) is 3.75. The van der Waals surface area contributed by atoms with Gasteiger partial charge in [-0.05, 0) is 47.9 Å². The molecule has 0 saturated carbocycles. The molecule has 3 N–H and O–H groups in total. The van der Waals surface area contributed by atoms with Gasteiger partial charge in [0, 0.05) is 52.7 Å². The minimum Gasteiger partial charge on any atom is -0.347 e. The largest absolute Gasteiger partial charge is 0.347 e. The summed E-state index contributed by atoms with van der Waals surface area (Å²) in [5, 5.41) is 8.02. The van der Waals surface area contributed by atoms with Crippen molar-refractivity contribution in [3.63, 3.8) is 0 Å². The van der Waals surface area contributed by atoms with E-state index >= 15 is 0 Å². The molecule has 0 spiro atoms. The van der Waals surface area contributed by atoms with Crippen LogP contribution in [0.15, 0.2) is 112 Å². The van der Waals surface area contributed by atoms with Crippen LogP contribution in [0.5, 0.6) is 0 Å². The number of amides is 2. The highest BCUT2D eigenvalue weighted by Crippen LogP contribution is 2.32. The van der Waals surface area contributed by atoms with Crippen LogP contribution in [0.1, 0.15) is 28.2 Å². The molecule has 0 unspecified atom stereocenters. The average molecular weight is 715 g/mol. The van der Waals surface area contributed by atoms with Crippen molar-refractivity contribution in [1.29, 1.82) is 0 Å². The van der Waals surface area contributed by atoms with Gasteiger partial charge in [-0.2, -0.15) is 0 Å². The molecule has 0 radical (unpaired) electrons. The molecule has 242 valence electrons. The Balaban J connectivity index is 1.01. The Hall–Kier alpha value is -4.68. The number of aromatic amines is 1. The van der Waals surface area contributed by atoms with E-state index in [1.165, 1.54) is 23.1 Å². The third-order valence-corrected chi connectivity index (χ3v) is 10.1. The molecule has 4 aromatic heterocycles. The number of imidazole rings is 1. The van der Waals surface area contributed by atoms with Gasteiger partial charge >= 0.3 is 6.03 Å². The standard InChI is InChI=1S/C35H29Cl2N7O2S2/c1-22-25(18-26-27(36)7-4-8-28(26)37)30(45)14-17-44(22)16-5-6-23-10-12-24(13-11-23)29-19-39-31(42-29)20-40-34(46)43-35-41-21-33(48-35)47-32-9-2-3-15-38-32/h2-15,17,19,21H,16,18,20H2,1H3,(H,39,42)(H2,40,41,43,46)/b6-5+. The number of urea groups is 1. The first-order chi connectivity index (χ1) is 23.3. The summed E-state index contributed by atoms with van der Waals surface area (Å²) in [6.07, 6.45) is 11.5. The summed E-state index contributed by atoms with van der Waals surface area (Å²) < 4.78 is 2.96. The molecule has 2 aromatic carbocycles. The summed E-state index contributed by atoms with van der Waals surface area (Å²) >= 11 is 15.6. The lowest BCUT2D eigenvalue weighted by Crippen LogP contribution is -2.28. The van der Waals surface area contributed by atoms with Crippen LogP contribution in [0.3, 0.4) is 0 Å². The van der Waals surface area contributed by atoms with Crippen LogP contribution >= 0.6 is 46.3 Å². The van der Waals surface area contributed by atoms with E-state index in [0.29, 0.717) is 39.5 Å². The van der Waals surface area contributed by atoms with Gasteiger partial charge in [-0.15, -0.1) is 0 Å². The summed E-state index contributed by atoms with van der Waals surface area (Å²) in [7, 11) is 0. The number of carbonyl (C=O) groups is 1. The van der Waals surface area contributed by atoms with Gasteiger partial charge < -0.3 is 14.9 Å². The van der Waals surface area contributed by atoms with Crippen molar-refractivity contribution in [2.75, 3.05) is 5.32 Å². The summed E-state index contributed by atoms with van der Waals surface area (Å²) in [6.45, 7) is 2.76. The molecular weight excluding hydrogens is 685 g/mol. The van der Waals surface area contributed by atoms with Crippen molar-refractivity contribution in [1.82, 2.24) is 29.8 Å². The molecule has 0 aliphatic carbocycles. The van der Waals surface area contributed by atoms with Crippen LogP contribution in [-0.4, -0.2) is 30.5 Å². The van der Waals surface area contributed by atoms with Gasteiger partial charge in [0.2, 0.25) is 0 Å². The zero-order valence-corrected chi connectivity index (χ0v) is 28.8. The molecule has 0 atom stereocenters. The summed E-state index contributed by atoms with van der Waals surface area (Å²) in [6, 6.07) is 20.3. The molecule has 0 aliphatic heterocycles. The number of allylic oxidation sites excluding steroid dienone is 1. The Morgan fingerprint density at radius 1 is 0.979 bits per heavy atom. The highest BCUT2D eigenvalue weighted by atomic mass is 35.5. The molecule has 6 aromatic rings. The fourth-order valence-corrected chi connectivity index (χ4v) is 7.18. The number of H-pyrrole nitrogens is 1. The zero-order chi connectivity index (χ0) is 33.5. The van der Waals surface area contributed by atoms with E-state index in [-0.39, 0.29) is 18.0 Å². The predicted octanol–water partition coefficient (Wildman–Crippen LogP) is 8.48. The van der Waals surface area contributed by atoms with Gasteiger partial charge in [0.25, 0.3) is 0 Å². The van der Waals surface area contributed by atoms with E-state index in [0.717, 1.165) is 37.3 Å². The first kappa shape index (κ1) is 33.2. The van der Waals surface area contributed by atoms with Gasteiger partial charge in [-0.25, -0.2) is 19.7 Å². The van der Waals surface area contributed by atoms with Crippen molar-refractivity contribution >= 4 is 63.5 Å². The molecule has 6 rings (SSSR count).